The molecular formula is C13H21NO2S2. The van der Waals surface area contributed by atoms with Crippen LogP contribution in [0, 0.1) is 0 Å². The molecule has 102 valence electrons. The number of hydrogen-bond acceptors (Lipinski definition) is 4. The molecule has 0 bridgehead atoms. The Balaban J connectivity index is 2.31. The molecule has 0 aliphatic heterocycles. The molecule has 0 unspecified atom stereocenters. The van der Waals surface area contributed by atoms with Crippen LogP contribution < -0.4 is 5.32 Å². The van der Waals surface area contributed by atoms with Crippen molar-refractivity contribution in [2.75, 3.05) is 24.3 Å². The summed E-state index contributed by atoms with van der Waals surface area (Å²) < 4.78 is 21.9. The molecule has 1 rings (SSSR count). The molecule has 0 saturated carbocycles. The van der Waals surface area contributed by atoms with Gasteiger partial charge in [-0.15, -0.1) is 11.8 Å². The number of sulfone groups is 1. The molecule has 1 N–H and O–H groups in total. The summed E-state index contributed by atoms with van der Waals surface area (Å²) in [6, 6.07) is 8.42. The van der Waals surface area contributed by atoms with Crippen LogP contribution in [0.15, 0.2) is 29.2 Å². The summed E-state index contributed by atoms with van der Waals surface area (Å²) in [7, 11) is -2.82. The van der Waals surface area contributed by atoms with E-state index in [4.69, 9.17) is 0 Å². The lowest BCUT2D eigenvalue weighted by Crippen LogP contribution is -2.11. The second-order valence-electron chi connectivity index (χ2n) is 4.26. The van der Waals surface area contributed by atoms with Gasteiger partial charge in [0, 0.05) is 17.7 Å². The molecule has 0 spiro atoms. The molecule has 18 heavy (non-hydrogen) atoms. The zero-order valence-corrected chi connectivity index (χ0v) is 12.6. The largest absolute Gasteiger partial charge is 0.313 e. The minimum atomic E-state index is -2.82. The fourth-order valence-electron chi connectivity index (χ4n) is 1.48. The molecule has 0 aromatic heterocycles. The Bertz CT molecular complexity index is 441. The average Bonchev–Trinajstić information content (AvgIpc) is 2.32. The first kappa shape index (κ1) is 15.5. The van der Waals surface area contributed by atoms with Gasteiger partial charge in [-0.25, -0.2) is 8.42 Å². The standard InChI is InChI=1S/C13H21NO2S2/c1-3-14-11-12-5-7-13(8-6-12)17-9-4-10-18(2,15)16/h5-8,14H,3-4,9-11H2,1-2H3. The number of benzene rings is 1. The Hall–Kier alpha value is -0.520. The van der Waals surface area contributed by atoms with Crippen molar-refractivity contribution in [1.82, 2.24) is 5.32 Å². The maximum atomic E-state index is 11.0. The van der Waals surface area contributed by atoms with Gasteiger partial charge in [0.05, 0.1) is 5.75 Å². The van der Waals surface area contributed by atoms with Crippen LogP contribution in [-0.2, 0) is 16.4 Å². The fourth-order valence-corrected chi connectivity index (χ4v) is 3.19. The number of thioether (sulfide) groups is 1. The quantitative estimate of drug-likeness (QED) is 0.589. The maximum Gasteiger partial charge on any atom is 0.147 e. The number of nitrogens with one attached hydrogen (secondary N) is 1. The van der Waals surface area contributed by atoms with Gasteiger partial charge in [0.1, 0.15) is 9.84 Å². The second-order valence-corrected chi connectivity index (χ2v) is 7.68. The SMILES string of the molecule is CCNCc1ccc(SCCCS(C)(=O)=O)cc1. The van der Waals surface area contributed by atoms with Crippen molar-refractivity contribution in [2.45, 2.75) is 24.8 Å². The monoisotopic (exact) mass is 287 g/mol. The molecule has 0 heterocycles. The minimum absolute atomic E-state index is 0.276. The Labute approximate surface area is 114 Å². The first-order chi connectivity index (χ1) is 8.51. The van der Waals surface area contributed by atoms with Crippen LogP contribution in [0.5, 0.6) is 0 Å². The van der Waals surface area contributed by atoms with Crippen molar-refractivity contribution in [3.05, 3.63) is 29.8 Å². The van der Waals surface area contributed by atoms with Crippen LogP contribution in [0.4, 0.5) is 0 Å². The highest BCUT2D eigenvalue weighted by atomic mass is 32.2. The van der Waals surface area contributed by atoms with Gasteiger partial charge in [-0.05, 0) is 36.4 Å². The van der Waals surface area contributed by atoms with Gasteiger partial charge in [0.25, 0.3) is 0 Å². The summed E-state index contributed by atoms with van der Waals surface area (Å²) in [5.74, 6) is 1.12. The third-order valence-electron chi connectivity index (χ3n) is 2.43. The van der Waals surface area contributed by atoms with Crippen molar-refractivity contribution in [3.8, 4) is 0 Å². The summed E-state index contributed by atoms with van der Waals surface area (Å²) >= 11 is 1.71. The molecule has 1 aromatic rings. The summed E-state index contributed by atoms with van der Waals surface area (Å²) in [6.45, 7) is 3.96. The van der Waals surface area contributed by atoms with Crippen LogP contribution in [-0.4, -0.2) is 32.7 Å². The Kier molecular flexibility index (Phi) is 6.75. The van der Waals surface area contributed by atoms with Crippen LogP contribution in [0.3, 0.4) is 0 Å². The summed E-state index contributed by atoms with van der Waals surface area (Å²) in [6.07, 6.45) is 2.00. The molecule has 5 heteroatoms. The zero-order valence-electron chi connectivity index (χ0n) is 11.0. The lowest BCUT2D eigenvalue weighted by molar-refractivity contribution is 0.600. The molecule has 0 radical (unpaired) electrons. The third-order valence-corrected chi connectivity index (χ3v) is 4.56. The lowest BCUT2D eigenvalue weighted by Gasteiger charge is -2.04. The normalized spacial score (nSPS) is 11.7. The second kappa shape index (κ2) is 7.81. The van der Waals surface area contributed by atoms with E-state index in [-0.39, 0.29) is 5.75 Å². The van der Waals surface area contributed by atoms with Crippen molar-refractivity contribution in [1.29, 1.82) is 0 Å². The molecule has 0 atom stereocenters. The third kappa shape index (κ3) is 7.03. The smallest absolute Gasteiger partial charge is 0.147 e. The van der Waals surface area contributed by atoms with Crippen LogP contribution >= 0.6 is 11.8 Å². The Morgan fingerprint density at radius 3 is 2.44 bits per heavy atom. The molecule has 0 saturated heterocycles. The first-order valence-corrected chi connectivity index (χ1v) is 9.16. The fraction of sp³-hybridized carbons (Fsp3) is 0.538. The first-order valence-electron chi connectivity index (χ1n) is 6.11. The van der Waals surface area contributed by atoms with Gasteiger partial charge in [-0.1, -0.05) is 19.1 Å². The van der Waals surface area contributed by atoms with Gasteiger partial charge in [-0.3, -0.25) is 0 Å². The number of rotatable bonds is 8. The highest BCUT2D eigenvalue weighted by Crippen LogP contribution is 2.19. The molecule has 1 aromatic carbocycles. The van der Waals surface area contributed by atoms with Crippen molar-refractivity contribution < 1.29 is 8.42 Å². The van der Waals surface area contributed by atoms with E-state index >= 15 is 0 Å². The summed E-state index contributed by atoms with van der Waals surface area (Å²) in [5, 5.41) is 3.28. The molecule has 3 nitrogen and oxygen atoms in total. The average molecular weight is 287 g/mol. The van der Waals surface area contributed by atoms with Crippen LogP contribution in [0.25, 0.3) is 0 Å². The number of hydrogen-bond donors (Lipinski definition) is 1. The minimum Gasteiger partial charge on any atom is -0.313 e. The van der Waals surface area contributed by atoms with E-state index in [1.54, 1.807) is 11.8 Å². The summed E-state index contributed by atoms with van der Waals surface area (Å²) in [4.78, 5) is 1.20. The van der Waals surface area contributed by atoms with E-state index in [0.29, 0.717) is 6.42 Å². The van der Waals surface area contributed by atoms with Crippen LogP contribution in [0.1, 0.15) is 18.9 Å². The van der Waals surface area contributed by atoms with E-state index in [1.165, 1.54) is 16.7 Å². The predicted octanol–water partition coefficient (Wildman–Crippen LogP) is 2.32. The topological polar surface area (TPSA) is 46.2 Å². The highest BCUT2D eigenvalue weighted by molar-refractivity contribution is 7.99. The van der Waals surface area contributed by atoms with E-state index in [0.717, 1.165) is 18.8 Å². The zero-order chi connectivity index (χ0) is 13.4. The van der Waals surface area contributed by atoms with Crippen molar-refractivity contribution >= 4 is 21.6 Å². The summed E-state index contributed by atoms with van der Waals surface area (Å²) in [5.41, 5.74) is 1.28. The van der Waals surface area contributed by atoms with E-state index in [1.807, 2.05) is 0 Å². The van der Waals surface area contributed by atoms with Crippen LogP contribution in [0.2, 0.25) is 0 Å². The lowest BCUT2D eigenvalue weighted by atomic mass is 10.2. The predicted molar refractivity (Wildman–Crippen MR) is 78.9 cm³/mol. The van der Waals surface area contributed by atoms with Gasteiger partial charge in [0.15, 0.2) is 0 Å². The molecule has 0 aliphatic carbocycles. The van der Waals surface area contributed by atoms with Gasteiger partial charge in [0.2, 0.25) is 0 Å². The molecule has 0 amide bonds. The Morgan fingerprint density at radius 1 is 1.22 bits per heavy atom. The molecule has 0 aliphatic rings. The molecular weight excluding hydrogens is 266 g/mol. The van der Waals surface area contributed by atoms with E-state index < -0.39 is 9.84 Å². The Morgan fingerprint density at radius 2 is 1.89 bits per heavy atom. The van der Waals surface area contributed by atoms with E-state index in [9.17, 15) is 8.42 Å². The molecule has 0 fully saturated rings. The van der Waals surface area contributed by atoms with Gasteiger partial charge < -0.3 is 5.32 Å². The highest BCUT2D eigenvalue weighted by Gasteiger charge is 2.02. The van der Waals surface area contributed by atoms with Gasteiger partial charge >= 0.3 is 0 Å². The van der Waals surface area contributed by atoms with E-state index in [2.05, 4.69) is 36.5 Å². The van der Waals surface area contributed by atoms with Gasteiger partial charge in [-0.2, -0.15) is 0 Å². The van der Waals surface area contributed by atoms with Crippen molar-refractivity contribution in [2.24, 2.45) is 0 Å². The van der Waals surface area contributed by atoms with Crippen molar-refractivity contribution in [3.63, 3.8) is 0 Å². The maximum absolute atomic E-state index is 11.0.